The minimum absolute atomic E-state index is 0.415. The summed E-state index contributed by atoms with van der Waals surface area (Å²) in [5.74, 6) is 0.415. The van der Waals surface area contributed by atoms with E-state index in [2.05, 4.69) is 61.3 Å². The average molecular weight is 223 g/mol. The van der Waals surface area contributed by atoms with Gasteiger partial charge >= 0.3 is 0 Å². The lowest BCUT2D eigenvalue weighted by Gasteiger charge is -2.09. The van der Waals surface area contributed by atoms with Crippen LogP contribution in [-0.2, 0) is 0 Å². The highest BCUT2D eigenvalue weighted by molar-refractivity contribution is 5.64. The summed E-state index contributed by atoms with van der Waals surface area (Å²) in [5, 5.41) is 0. The van der Waals surface area contributed by atoms with Crippen LogP contribution >= 0.6 is 0 Å². The van der Waals surface area contributed by atoms with Gasteiger partial charge in [0.15, 0.2) is 0 Å². The van der Waals surface area contributed by atoms with E-state index in [1.165, 1.54) is 16.7 Å². The third-order valence-corrected chi connectivity index (χ3v) is 2.96. The lowest BCUT2D eigenvalue weighted by molar-refractivity contribution is 0.961. The summed E-state index contributed by atoms with van der Waals surface area (Å²) in [6.07, 6.45) is 5.99. The zero-order valence-corrected chi connectivity index (χ0v) is 10.3. The van der Waals surface area contributed by atoms with Crippen LogP contribution in [0.3, 0.4) is 0 Å². The number of hydrogen-bond acceptors (Lipinski definition) is 1. The summed E-state index contributed by atoms with van der Waals surface area (Å²) in [5.41, 5.74) is 3.90. The first-order valence-electron chi connectivity index (χ1n) is 5.91. The number of benzene rings is 1. The molecule has 0 aliphatic carbocycles. The Morgan fingerprint density at radius 2 is 1.71 bits per heavy atom. The molecule has 1 aromatic heterocycles. The van der Waals surface area contributed by atoms with E-state index in [0.29, 0.717) is 5.92 Å². The molecular formula is C16H17N. The van der Waals surface area contributed by atoms with E-state index in [-0.39, 0.29) is 0 Å². The van der Waals surface area contributed by atoms with Crippen molar-refractivity contribution >= 4 is 5.57 Å². The van der Waals surface area contributed by atoms with E-state index in [1.54, 1.807) is 0 Å². The first-order chi connectivity index (χ1) is 8.27. The Labute approximate surface area is 103 Å². The second-order valence-corrected chi connectivity index (χ2v) is 4.28. The Morgan fingerprint density at radius 1 is 1.06 bits per heavy atom. The third kappa shape index (κ3) is 3.04. The van der Waals surface area contributed by atoms with E-state index < -0.39 is 0 Å². The molecule has 1 nitrogen and oxygen atoms in total. The normalized spacial score (nSPS) is 13.4. The quantitative estimate of drug-likeness (QED) is 0.756. The largest absolute Gasteiger partial charge is 0.265 e. The van der Waals surface area contributed by atoms with Crippen LogP contribution in [0.5, 0.6) is 0 Å². The highest BCUT2D eigenvalue weighted by Crippen LogP contribution is 2.21. The molecule has 0 fully saturated rings. The number of pyridine rings is 1. The summed E-state index contributed by atoms with van der Waals surface area (Å²) in [6, 6.07) is 14.6. The summed E-state index contributed by atoms with van der Waals surface area (Å²) in [4.78, 5) is 4.04. The molecule has 1 atom stereocenters. The minimum Gasteiger partial charge on any atom is -0.265 e. The first-order valence-corrected chi connectivity index (χ1v) is 5.91. The van der Waals surface area contributed by atoms with Crippen molar-refractivity contribution in [1.29, 1.82) is 0 Å². The van der Waals surface area contributed by atoms with Gasteiger partial charge < -0.3 is 0 Å². The van der Waals surface area contributed by atoms with Crippen molar-refractivity contribution in [3.8, 4) is 0 Å². The van der Waals surface area contributed by atoms with Gasteiger partial charge in [0.25, 0.3) is 0 Å². The van der Waals surface area contributed by atoms with E-state index in [9.17, 15) is 0 Å². The Hall–Kier alpha value is -1.89. The maximum Gasteiger partial charge on any atom is 0.0270 e. The van der Waals surface area contributed by atoms with Crippen molar-refractivity contribution in [2.24, 2.45) is 0 Å². The molecule has 0 aliphatic rings. The maximum atomic E-state index is 4.04. The van der Waals surface area contributed by atoms with Gasteiger partial charge in [-0.25, -0.2) is 0 Å². The van der Waals surface area contributed by atoms with E-state index in [0.717, 1.165) is 0 Å². The second kappa shape index (κ2) is 5.44. The minimum atomic E-state index is 0.415. The van der Waals surface area contributed by atoms with Crippen LogP contribution in [0.2, 0.25) is 0 Å². The molecule has 1 aromatic carbocycles. The number of aromatic nitrogens is 1. The lowest BCUT2D eigenvalue weighted by Crippen LogP contribution is -1.90. The Bertz CT molecular complexity index is 485. The van der Waals surface area contributed by atoms with E-state index in [4.69, 9.17) is 0 Å². The van der Waals surface area contributed by atoms with Crippen LogP contribution in [0.15, 0.2) is 60.9 Å². The van der Waals surface area contributed by atoms with Gasteiger partial charge in [0.05, 0.1) is 0 Å². The Balaban J connectivity index is 2.20. The lowest BCUT2D eigenvalue weighted by atomic mass is 9.97. The van der Waals surface area contributed by atoms with E-state index >= 15 is 0 Å². The monoisotopic (exact) mass is 223 g/mol. The molecule has 86 valence electrons. The fourth-order valence-electron chi connectivity index (χ4n) is 1.94. The van der Waals surface area contributed by atoms with Crippen LogP contribution in [-0.4, -0.2) is 4.98 Å². The van der Waals surface area contributed by atoms with Crippen molar-refractivity contribution in [2.45, 2.75) is 19.8 Å². The fraction of sp³-hybridized carbons (Fsp3) is 0.188. The SMILES string of the molecule is C/C(=C\C(C)c1ccncc1)c1ccccc1. The highest BCUT2D eigenvalue weighted by atomic mass is 14.6. The molecule has 2 rings (SSSR count). The van der Waals surface area contributed by atoms with Crippen molar-refractivity contribution in [1.82, 2.24) is 4.98 Å². The van der Waals surface area contributed by atoms with Crippen molar-refractivity contribution in [3.63, 3.8) is 0 Å². The summed E-state index contributed by atoms with van der Waals surface area (Å²) in [6.45, 7) is 4.37. The van der Waals surface area contributed by atoms with Crippen LogP contribution in [0, 0.1) is 0 Å². The fourth-order valence-corrected chi connectivity index (χ4v) is 1.94. The molecule has 17 heavy (non-hydrogen) atoms. The average Bonchev–Trinajstić information content (AvgIpc) is 2.40. The van der Waals surface area contributed by atoms with Crippen molar-refractivity contribution in [2.75, 3.05) is 0 Å². The molecule has 0 spiro atoms. The van der Waals surface area contributed by atoms with Gasteiger partial charge in [-0.3, -0.25) is 4.98 Å². The van der Waals surface area contributed by atoms with E-state index in [1.807, 2.05) is 18.5 Å². The molecule has 0 N–H and O–H groups in total. The molecule has 0 amide bonds. The Kier molecular flexibility index (Phi) is 3.71. The molecule has 1 heteroatoms. The molecular weight excluding hydrogens is 206 g/mol. The van der Waals surface area contributed by atoms with Gasteiger partial charge in [-0.15, -0.1) is 0 Å². The summed E-state index contributed by atoms with van der Waals surface area (Å²) < 4.78 is 0. The summed E-state index contributed by atoms with van der Waals surface area (Å²) >= 11 is 0. The van der Waals surface area contributed by atoms with Gasteiger partial charge in [-0.2, -0.15) is 0 Å². The van der Waals surface area contributed by atoms with Crippen molar-refractivity contribution in [3.05, 3.63) is 72.1 Å². The maximum absolute atomic E-state index is 4.04. The number of nitrogens with zero attached hydrogens (tertiary/aromatic N) is 1. The van der Waals surface area contributed by atoms with Crippen LogP contribution < -0.4 is 0 Å². The smallest absolute Gasteiger partial charge is 0.0270 e. The van der Waals surface area contributed by atoms with Crippen LogP contribution in [0.4, 0.5) is 0 Å². The zero-order valence-electron chi connectivity index (χ0n) is 10.3. The standard InChI is InChI=1S/C16H17N/c1-13(15-6-4-3-5-7-15)12-14(2)16-8-10-17-11-9-16/h3-12,14H,1-2H3/b13-12+. The van der Waals surface area contributed by atoms with Gasteiger partial charge in [0, 0.05) is 12.4 Å². The number of allylic oxidation sites excluding steroid dienone is 2. The number of hydrogen-bond donors (Lipinski definition) is 0. The van der Waals surface area contributed by atoms with Gasteiger partial charge in [-0.1, -0.05) is 43.3 Å². The van der Waals surface area contributed by atoms with Crippen LogP contribution in [0.1, 0.15) is 30.9 Å². The first kappa shape index (κ1) is 11.6. The predicted octanol–water partition coefficient (Wildman–Crippen LogP) is 4.29. The van der Waals surface area contributed by atoms with Crippen LogP contribution in [0.25, 0.3) is 5.57 Å². The molecule has 0 saturated heterocycles. The molecule has 0 bridgehead atoms. The predicted molar refractivity (Wildman–Crippen MR) is 72.7 cm³/mol. The second-order valence-electron chi connectivity index (χ2n) is 4.28. The van der Waals surface area contributed by atoms with Crippen molar-refractivity contribution < 1.29 is 0 Å². The topological polar surface area (TPSA) is 12.9 Å². The molecule has 1 heterocycles. The highest BCUT2D eigenvalue weighted by Gasteiger charge is 2.02. The molecule has 0 aliphatic heterocycles. The summed E-state index contributed by atoms with van der Waals surface area (Å²) in [7, 11) is 0. The van der Waals surface area contributed by atoms with Gasteiger partial charge in [0.1, 0.15) is 0 Å². The van der Waals surface area contributed by atoms with Gasteiger partial charge in [0.2, 0.25) is 0 Å². The Morgan fingerprint density at radius 3 is 2.35 bits per heavy atom. The molecule has 1 unspecified atom stereocenters. The molecule has 0 saturated carbocycles. The number of rotatable bonds is 3. The molecule has 0 radical (unpaired) electrons. The zero-order chi connectivity index (χ0) is 12.1. The third-order valence-electron chi connectivity index (χ3n) is 2.96. The molecule has 2 aromatic rings. The van der Waals surface area contributed by atoms with Gasteiger partial charge in [-0.05, 0) is 41.7 Å².